The summed E-state index contributed by atoms with van der Waals surface area (Å²) in [5.41, 5.74) is 2.79. The minimum absolute atomic E-state index is 0.0139. The number of rotatable bonds is 7. The van der Waals surface area contributed by atoms with Crippen LogP contribution in [0.3, 0.4) is 0 Å². The van der Waals surface area contributed by atoms with Gasteiger partial charge in [0.2, 0.25) is 5.91 Å². The number of carbonyl (C=O) groups excluding carboxylic acids is 2. The first-order valence-electron chi connectivity index (χ1n) is 10.3. The average Bonchev–Trinajstić information content (AvgIpc) is 3.24. The van der Waals surface area contributed by atoms with Gasteiger partial charge < -0.3 is 10.6 Å². The largest absolute Gasteiger partial charge is 0.353 e. The molecule has 1 unspecified atom stereocenters. The zero-order valence-electron chi connectivity index (χ0n) is 17.5. The van der Waals surface area contributed by atoms with Crippen molar-refractivity contribution in [3.8, 4) is 0 Å². The van der Waals surface area contributed by atoms with Crippen LogP contribution in [0.1, 0.15) is 52.2 Å². The summed E-state index contributed by atoms with van der Waals surface area (Å²) >= 11 is 1.73. The minimum Gasteiger partial charge on any atom is -0.353 e. The van der Waals surface area contributed by atoms with Crippen LogP contribution >= 0.6 is 11.3 Å². The Balaban J connectivity index is 1.52. The molecule has 0 aliphatic carbocycles. The van der Waals surface area contributed by atoms with E-state index in [-0.39, 0.29) is 24.4 Å². The molecule has 0 saturated carbocycles. The van der Waals surface area contributed by atoms with Gasteiger partial charge in [0.05, 0.1) is 12.6 Å². The number of aryl methyl sites for hydroxylation is 2. The van der Waals surface area contributed by atoms with Crippen molar-refractivity contribution in [2.24, 2.45) is 5.92 Å². The maximum Gasteiger partial charge on any atom is 0.251 e. The number of hydrogen-bond acceptors (Lipinski definition) is 4. The van der Waals surface area contributed by atoms with Gasteiger partial charge in [0.1, 0.15) is 0 Å². The molecule has 6 heteroatoms. The number of nitrogens with zero attached hydrogens (tertiary/aromatic N) is 1. The van der Waals surface area contributed by atoms with E-state index in [0.717, 1.165) is 30.1 Å². The van der Waals surface area contributed by atoms with Gasteiger partial charge >= 0.3 is 0 Å². The minimum atomic E-state index is -0.219. The number of benzene rings is 1. The maximum atomic E-state index is 12.4. The molecule has 1 aliphatic rings. The predicted octanol–water partition coefficient (Wildman–Crippen LogP) is 3.68. The van der Waals surface area contributed by atoms with Crippen LogP contribution < -0.4 is 10.6 Å². The second-order valence-electron chi connectivity index (χ2n) is 8.04. The zero-order valence-corrected chi connectivity index (χ0v) is 18.3. The summed E-state index contributed by atoms with van der Waals surface area (Å²) in [7, 11) is 0. The van der Waals surface area contributed by atoms with E-state index < -0.39 is 0 Å². The van der Waals surface area contributed by atoms with Crippen LogP contribution in [0.2, 0.25) is 0 Å². The Hall–Kier alpha value is -2.18. The molecule has 2 heterocycles. The van der Waals surface area contributed by atoms with Gasteiger partial charge in [0, 0.05) is 17.0 Å². The lowest BCUT2D eigenvalue weighted by atomic mass is 9.97. The van der Waals surface area contributed by atoms with Gasteiger partial charge in [-0.15, -0.1) is 11.3 Å². The lowest BCUT2D eigenvalue weighted by Crippen LogP contribution is -2.44. The average molecular weight is 414 g/mol. The fourth-order valence-corrected chi connectivity index (χ4v) is 4.51. The molecule has 1 fully saturated rings. The molecule has 1 aromatic carbocycles. The molecule has 1 aliphatic heterocycles. The molecule has 1 atom stereocenters. The van der Waals surface area contributed by atoms with Crippen molar-refractivity contribution in [1.82, 2.24) is 15.5 Å². The molecule has 2 N–H and O–H groups in total. The summed E-state index contributed by atoms with van der Waals surface area (Å²) < 4.78 is 0. The van der Waals surface area contributed by atoms with Gasteiger partial charge in [0.25, 0.3) is 5.91 Å². The number of likely N-dealkylation sites (tertiary alicyclic amines) is 1. The van der Waals surface area contributed by atoms with E-state index >= 15 is 0 Å². The van der Waals surface area contributed by atoms with Crippen LogP contribution in [0.25, 0.3) is 0 Å². The van der Waals surface area contributed by atoms with Crippen molar-refractivity contribution >= 4 is 23.2 Å². The van der Waals surface area contributed by atoms with Gasteiger partial charge in [-0.1, -0.05) is 19.1 Å². The van der Waals surface area contributed by atoms with Crippen LogP contribution in [-0.2, 0) is 4.79 Å². The maximum absolute atomic E-state index is 12.4. The number of nitrogens with one attached hydrogen (secondary N) is 2. The number of carbonyl (C=O) groups is 2. The van der Waals surface area contributed by atoms with Crippen molar-refractivity contribution in [2.45, 2.75) is 39.7 Å². The summed E-state index contributed by atoms with van der Waals surface area (Å²) in [6, 6.07) is 9.97. The number of thiophene rings is 1. The van der Waals surface area contributed by atoms with E-state index in [1.165, 1.54) is 17.7 Å². The highest BCUT2D eigenvalue weighted by Crippen LogP contribution is 2.29. The van der Waals surface area contributed by atoms with Crippen molar-refractivity contribution < 1.29 is 9.59 Å². The number of piperidine rings is 1. The van der Waals surface area contributed by atoms with Gasteiger partial charge in [-0.25, -0.2) is 0 Å². The Morgan fingerprint density at radius 3 is 2.55 bits per heavy atom. The second kappa shape index (κ2) is 10.0. The summed E-state index contributed by atoms with van der Waals surface area (Å²) in [5.74, 6) is 0.391. The first-order valence-corrected chi connectivity index (χ1v) is 11.2. The molecule has 156 valence electrons. The fourth-order valence-electron chi connectivity index (χ4n) is 3.65. The lowest BCUT2D eigenvalue weighted by Gasteiger charge is -2.36. The van der Waals surface area contributed by atoms with Crippen molar-refractivity contribution in [3.05, 3.63) is 57.3 Å². The van der Waals surface area contributed by atoms with Crippen LogP contribution in [-0.4, -0.2) is 42.9 Å². The van der Waals surface area contributed by atoms with Gasteiger partial charge in [-0.05, 0) is 80.4 Å². The smallest absolute Gasteiger partial charge is 0.251 e. The topological polar surface area (TPSA) is 61.4 Å². The van der Waals surface area contributed by atoms with Crippen molar-refractivity contribution in [1.29, 1.82) is 0 Å². The van der Waals surface area contributed by atoms with E-state index in [0.29, 0.717) is 12.1 Å². The summed E-state index contributed by atoms with van der Waals surface area (Å²) in [4.78, 5) is 28.4. The van der Waals surface area contributed by atoms with Crippen LogP contribution in [0.15, 0.2) is 35.7 Å². The third-order valence-electron chi connectivity index (χ3n) is 5.80. The molecule has 2 amide bonds. The lowest BCUT2D eigenvalue weighted by molar-refractivity contribution is -0.120. The molecular weight excluding hydrogens is 382 g/mol. The van der Waals surface area contributed by atoms with Crippen molar-refractivity contribution in [2.75, 3.05) is 26.2 Å². The highest BCUT2D eigenvalue weighted by molar-refractivity contribution is 7.10. The van der Waals surface area contributed by atoms with Crippen LogP contribution in [0.5, 0.6) is 0 Å². The highest BCUT2D eigenvalue weighted by atomic mass is 32.1. The first-order chi connectivity index (χ1) is 13.9. The van der Waals surface area contributed by atoms with E-state index in [1.54, 1.807) is 17.4 Å². The normalized spacial score (nSPS) is 16.4. The Morgan fingerprint density at radius 1 is 1.14 bits per heavy atom. The van der Waals surface area contributed by atoms with Gasteiger partial charge in [-0.3, -0.25) is 14.5 Å². The van der Waals surface area contributed by atoms with Gasteiger partial charge in [-0.2, -0.15) is 0 Å². The summed E-state index contributed by atoms with van der Waals surface area (Å²) in [5, 5.41) is 7.83. The molecule has 29 heavy (non-hydrogen) atoms. The molecule has 1 saturated heterocycles. The molecule has 2 aromatic rings. The Morgan fingerprint density at radius 2 is 1.90 bits per heavy atom. The molecule has 3 rings (SSSR count). The SMILES string of the molecule is Cc1ccc(C(=O)NCC(=O)NCC(c2cccs2)N2CCC(C)CC2)cc1C. The fraction of sp³-hybridized carbons (Fsp3) is 0.478. The van der Waals surface area contributed by atoms with E-state index in [4.69, 9.17) is 0 Å². The Labute approximate surface area is 177 Å². The molecule has 0 spiro atoms. The Bertz CT molecular complexity index is 827. The number of hydrogen-bond donors (Lipinski definition) is 2. The molecule has 0 radical (unpaired) electrons. The summed E-state index contributed by atoms with van der Waals surface area (Å²) in [6.07, 6.45) is 2.39. The van der Waals surface area contributed by atoms with Crippen LogP contribution in [0.4, 0.5) is 0 Å². The molecule has 0 bridgehead atoms. The third-order valence-corrected chi connectivity index (χ3v) is 6.78. The second-order valence-corrected chi connectivity index (χ2v) is 9.01. The van der Waals surface area contributed by atoms with Crippen LogP contribution in [0, 0.1) is 19.8 Å². The molecular formula is C23H31N3O2S. The standard InChI is InChI=1S/C23H31N3O2S/c1-16-8-10-26(11-9-16)20(21-5-4-12-29-21)14-24-22(27)15-25-23(28)19-7-6-17(2)18(3)13-19/h4-7,12-13,16,20H,8-11,14-15H2,1-3H3,(H,24,27)(H,25,28). The predicted molar refractivity (Wildman–Crippen MR) is 118 cm³/mol. The van der Waals surface area contributed by atoms with Gasteiger partial charge in [0.15, 0.2) is 0 Å². The van der Waals surface area contributed by atoms with E-state index in [1.807, 2.05) is 26.0 Å². The zero-order chi connectivity index (χ0) is 20.8. The van der Waals surface area contributed by atoms with Crippen molar-refractivity contribution in [3.63, 3.8) is 0 Å². The van der Waals surface area contributed by atoms with E-state index in [9.17, 15) is 9.59 Å². The first kappa shape index (κ1) is 21.5. The summed E-state index contributed by atoms with van der Waals surface area (Å²) in [6.45, 7) is 8.96. The number of amides is 2. The monoisotopic (exact) mass is 413 g/mol. The quantitative estimate of drug-likeness (QED) is 0.728. The molecule has 1 aromatic heterocycles. The third kappa shape index (κ3) is 5.90. The highest BCUT2D eigenvalue weighted by Gasteiger charge is 2.25. The van der Waals surface area contributed by atoms with E-state index in [2.05, 4.69) is 40.0 Å². The molecule has 5 nitrogen and oxygen atoms in total. The Kier molecular flexibility index (Phi) is 7.45.